The molecule has 330 valence electrons. The summed E-state index contributed by atoms with van der Waals surface area (Å²) >= 11 is 1.55. The van der Waals surface area contributed by atoms with E-state index in [4.69, 9.17) is 15.6 Å². The second kappa shape index (κ2) is 19.1. The second-order valence-corrected chi connectivity index (χ2v) is 17.6. The Morgan fingerprint density at radius 3 is 2.44 bits per heavy atom. The van der Waals surface area contributed by atoms with E-state index >= 15 is 0 Å². The lowest BCUT2D eigenvalue weighted by Gasteiger charge is -2.34. The number of benzene rings is 3. The quantitative estimate of drug-likeness (QED) is 0.0644. The first-order chi connectivity index (χ1) is 31.2. The number of likely N-dealkylation sites (tertiary alicyclic amines) is 1. The minimum atomic E-state index is -0.976. The monoisotopic (exact) mass is 882 g/mol. The van der Waals surface area contributed by atoms with Gasteiger partial charge in [0.25, 0.3) is 11.8 Å². The Labute approximate surface area is 374 Å². The molecule has 16 nitrogen and oxygen atoms in total. The predicted molar refractivity (Wildman–Crippen MR) is 242 cm³/mol. The highest BCUT2D eigenvalue weighted by molar-refractivity contribution is 7.99. The van der Waals surface area contributed by atoms with Crippen LogP contribution in [0.2, 0.25) is 0 Å². The minimum absolute atomic E-state index is 0.0101. The fraction of sp³-hybridized carbons (Fsp3) is 0.362. The number of nitrogen functional groups attached to an aromatic ring is 1. The maximum absolute atomic E-state index is 13.5. The number of hydrogen-bond donors (Lipinski definition) is 2. The molecule has 4 aliphatic rings. The van der Waals surface area contributed by atoms with Gasteiger partial charge in [0.1, 0.15) is 35.4 Å². The summed E-state index contributed by atoms with van der Waals surface area (Å²) in [6.07, 6.45) is 8.99. The van der Waals surface area contributed by atoms with Gasteiger partial charge in [0.05, 0.1) is 22.6 Å². The van der Waals surface area contributed by atoms with Crippen molar-refractivity contribution in [3.8, 4) is 22.8 Å². The zero-order chi connectivity index (χ0) is 44.2. The van der Waals surface area contributed by atoms with Gasteiger partial charge in [0, 0.05) is 68.8 Å². The van der Waals surface area contributed by atoms with Gasteiger partial charge in [0.15, 0.2) is 5.65 Å². The number of imide groups is 2. The Balaban J connectivity index is 0.721. The maximum Gasteiger partial charge on any atom is 0.263 e. The fourth-order valence-electron chi connectivity index (χ4n) is 8.94. The summed E-state index contributed by atoms with van der Waals surface area (Å²) in [6, 6.07) is 21.5. The molecule has 6 heterocycles. The smallest absolute Gasteiger partial charge is 0.263 e. The van der Waals surface area contributed by atoms with E-state index in [1.165, 1.54) is 6.33 Å². The van der Waals surface area contributed by atoms with Crippen molar-refractivity contribution in [2.45, 2.75) is 55.5 Å². The third-order valence-electron chi connectivity index (χ3n) is 12.3. The van der Waals surface area contributed by atoms with E-state index in [9.17, 15) is 24.0 Å². The van der Waals surface area contributed by atoms with E-state index in [1.54, 1.807) is 30.0 Å². The van der Waals surface area contributed by atoms with Crippen molar-refractivity contribution in [3.05, 3.63) is 102 Å². The number of ether oxygens (including phenoxy) is 1. The van der Waals surface area contributed by atoms with E-state index in [2.05, 4.69) is 25.1 Å². The van der Waals surface area contributed by atoms with E-state index in [-0.39, 0.29) is 24.8 Å². The van der Waals surface area contributed by atoms with Gasteiger partial charge in [-0.1, -0.05) is 30.3 Å². The summed E-state index contributed by atoms with van der Waals surface area (Å²) < 4.78 is 7.91. The van der Waals surface area contributed by atoms with Crippen LogP contribution < -0.4 is 15.8 Å². The molecule has 0 bridgehead atoms. The fourth-order valence-corrected chi connectivity index (χ4v) is 10.0. The van der Waals surface area contributed by atoms with Crippen molar-refractivity contribution in [2.75, 3.05) is 63.8 Å². The van der Waals surface area contributed by atoms with Crippen molar-refractivity contribution in [2.24, 2.45) is 0 Å². The topological polar surface area (TPSA) is 189 Å². The average Bonchev–Trinajstić information content (AvgIpc) is 3.83. The molecule has 0 spiro atoms. The van der Waals surface area contributed by atoms with Crippen LogP contribution in [0.5, 0.6) is 11.5 Å². The van der Waals surface area contributed by atoms with Gasteiger partial charge in [-0.2, -0.15) is 5.10 Å². The van der Waals surface area contributed by atoms with Gasteiger partial charge < -0.3 is 20.3 Å². The molecule has 5 aromatic rings. The molecule has 17 heteroatoms. The minimum Gasteiger partial charge on any atom is -0.457 e. The van der Waals surface area contributed by atoms with Crippen LogP contribution in [-0.4, -0.2) is 133 Å². The molecule has 3 saturated heterocycles. The molecule has 5 amide bonds. The molecule has 0 radical (unpaired) electrons. The SMILES string of the molecule is Nc1ncnc2c1c(-c1ccc(Oc3ccccc3)cc1)nn2C1CCCN(C(=O)/C=C/CN2CCN(CCCCSc3cccc4c3C(=O)N(C3CCC(=O)NC3=O)C4=O)CC2)C1. The Morgan fingerprint density at radius 2 is 1.64 bits per heavy atom. The van der Waals surface area contributed by atoms with Crippen LogP contribution in [0.4, 0.5) is 5.82 Å². The first-order valence-electron chi connectivity index (χ1n) is 21.9. The Kier molecular flexibility index (Phi) is 12.8. The number of anilines is 1. The number of hydrogen-bond acceptors (Lipinski definition) is 13. The highest BCUT2D eigenvalue weighted by Crippen LogP contribution is 2.36. The van der Waals surface area contributed by atoms with Gasteiger partial charge in [-0.25, -0.2) is 14.6 Å². The number of amides is 5. The summed E-state index contributed by atoms with van der Waals surface area (Å²) in [5.74, 6) is 0.633. The molecule has 0 saturated carbocycles. The van der Waals surface area contributed by atoms with Gasteiger partial charge in [0.2, 0.25) is 17.7 Å². The van der Waals surface area contributed by atoms with E-state index in [1.807, 2.05) is 76.3 Å². The number of nitrogens with two attached hydrogens (primary N) is 1. The van der Waals surface area contributed by atoms with E-state index < -0.39 is 29.7 Å². The van der Waals surface area contributed by atoms with Gasteiger partial charge >= 0.3 is 0 Å². The van der Waals surface area contributed by atoms with E-state index in [0.717, 1.165) is 85.3 Å². The predicted octanol–water partition coefficient (Wildman–Crippen LogP) is 5.18. The Hall–Kier alpha value is -6.43. The Bertz CT molecular complexity index is 2590. The third-order valence-corrected chi connectivity index (χ3v) is 13.5. The number of piperazine rings is 1. The number of unbranched alkanes of at least 4 members (excludes halogenated alkanes) is 1. The van der Waals surface area contributed by atoms with Crippen molar-refractivity contribution in [1.82, 2.24) is 44.7 Å². The zero-order valence-electron chi connectivity index (χ0n) is 35.4. The standard InChI is InChI=1S/C47H50N10O6S/c48-43-41-42(31-15-17-34(18-16-31)63-33-10-2-1-3-11-33)52-57(44(41)50-30-49-43)32-9-7-23-55(29-32)39(59)14-8-22-54-26-24-53(25-27-54)21-4-5-28-64-37-13-6-12-35-40(37)47(62)56(46(35)61)36-19-20-38(58)51-45(36)60/h1-3,6,8,10-18,30,32,36H,4-5,7,9,19-29H2,(H2,48,49,50)(H,51,58,60)/b14-8+. The molecule has 0 aliphatic carbocycles. The normalized spacial score (nSPS) is 19.8. The Morgan fingerprint density at radius 1 is 0.859 bits per heavy atom. The molecule has 3 fully saturated rings. The number of piperidine rings is 2. The van der Waals surface area contributed by atoms with Crippen LogP contribution >= 0.6 is 11.8 Å². The number of nitrogens with zero attached hydrogens (tertiary/aromatic N) is 8. The van der Waals surface area contributed by atoms with Crippen LogP contribution in [0.3, 0.4) is 0 Å². The third kappa shape index (κ3) is 9.14. The van der Waals surface area contributed by atoms with Crippen molar-refractivity contribution in [1.29, 1.82) is 0 Å². The first-order valence-corrected chi connectivity index (χ1v) is 22.9. The molecule has 2 aromatic heterocycles. The number of carbonyl (C=O) groups is 5. The number of thioether (sulfide) groups is 1. The van der Waals surface area contributed by atoms with Crippen molar-refractivity contribution in [3.63, 3.8) is 0 Å². The highest BCUT2D eigenvalue weighted by atomic mass is 32.2. The summed E-state index contributed by atoms with van der Waals surface area (Å²) in [6.45, 7) is 6.58. The number of fused-ring (bicyclic) bond motifs is 2. The molecule has 9 rings (SSSR count). The summed E-state index contributed by atoms with van der Waals surface area (Å²) in [4.78, 5) is 81.5. The molecular weight excluding hydrogens is 833 g/mol. The number of carbonyl (C=O) groups excluding carboxylic acids is 5. The molecule has 3 aromatic carbocycles. The summed E-state index contributed by atoms with van der Waals surface area (Å²) in [5.41, 5.74) is 9.28. The number of rotatable bonds is 14. The highest BCUT2D eigenvalue weighted by Gasteiger charge is 2.45. The average molecular weight is 883 g/mol. The maximum atomic E-state index is 13.5. The summed E-state index contributed by atoms with van der Waals surface area (Å²) in [7, 11) is 0. The van der Waals surface area contributed by atoms with Gasteiger partial charge in [-0.05, 0) is 92.9 Å². The molecule has 4 aliphatic heterocycles. The lowest BCUT2D eigenvalue weighted by Crippen LogP contribution is -2.54. The molecule has 2 unspecified atom stereocenters. The largest absolute Gasteiger partial charge is 0.457 e. The lowest BCUT2D eigenvalue weighted by atomic mass is 10.0. The van der Waals surface area contributed by atoms with Crippen LogP contribution in [0.1, 0.15) is 65.3 Å². The molecule has 3 N–H and O–H groups in total. The first kappa shape index (κ1) is 42.9. The van der Waals surface area contributed by atoms with Gasteiger partial charge in [-0.15, -0.1) is 11.8 Å². The number of para-hydroxylation sites is 1. The van der Waals surface area contributed by atoms with Gasteiger partial charge in [-0.3, -0.25) is 39.1 Å². The van der Waals surface area contributed by atoms with Crippen molar-refractivity contribution < 1.29 is 28.7 Å². The number of aromatic nitrogens is 4. The lowest BCUT2D eigenvalue weighted by molar-refractivity contribution is -0.136. The van der Waals surface area contributed by atoms with Crippen LogP contribution in [0.25, 0.3) is 22.3 Å². The second-order valence-electron chi connectivity index (χ2n) is 16.5. The molecular formula is C47H50N10O6S. The van der Waals surface area contributed by atoms with Crippen LogP contribution in [0.15, 0.2) is 96.2 Å². The summed E-state index contributed by atoms with van der Waals surface area (Å²) in [5, 5.41) is 7.98. The van der Waals surface area contributed by atoms with Crippen LogP contribution in [0, 0.1) is 0 Å². The molecule has 2 atom stereocenters. The molecule has 64 heavy (non-hydrogen) atoms. The zero-order valence-corrected chi connectivity index (χ0v) is 36.3. The van der Waals surface area contributed by atoms with Crippen molar-refractivity contribution >= 4 is 58.1 Å². The van der Waals surface area contributed by atoms with E-state index in [0.29, 0.717) is 59.1 Å². The van der Waals surface area contributed by atoms with Crippen LogP contribution in [-0.2, 0) is 14.4 Å². The number of nitrogens with one attached hydrogen (secondary N) is 1.